The van der Waals surface area contributed by atoms with Gasteiger partial charge in [0.05, 0.1) is 14.2 Å². The topological polar surface area (TPSA) is 78.4 Å². The summed E-state index contributed by atoms with van der Waals surface area (Å²) in [6.07, 6.45) is 2.16. The Morgan fingerprint density at radius 3 is 2.27 bits per heavy atom. The van der Waals surface area contributed by atoms with Crippen LogP contribution < -0.4 is 20.1 Å². The molecular weight excluding hydrogens is 380 g/mol. The van der Waals surface area contributed by atoms with Crippen molar-refractivity contribution in [1.29, 1.82) is 0 Å². The van der Waals surface area contributed by atoms with Crippen LogP contribution in [-0.4, -0.2) is 56.4 Å². The van der Waals surface area contributed by atoms with Gasteiger partial charge in [0.2, 0.25) is 5.75 Å². The third kappa shape index (κ3) is 5.79. The maximum absolute atomic E-state index is 10.1. The molecule has 0 spiro atoms. The Bertz CT molecular complexity index is 809. The minimum Gasteiger partial charge on any atom is -0.502 e. The number of ether oxygens (including phenoxy) is 2. The number of phenolic OH excluding ortho intramolecular Hbond substituents is 1. The van der Waals surface area contributed by atoms with E-state index >= 15 is 0 Å². The Balaban J connectivity index is 1.49. The van der Waals surface area contributed by atoms with Crippen molar-refractivity contribution in [3.05, 3.63) is 53.6 Å². The molecule has 1 aliphatic heterocycles. The number of piperidine rings is 1. The van der Waals surface area contributed by atoms with Crippen molar-refractivity contribution >= 4 is 5.96 Å². The molecule has 0 saturated carbocycles. The van der Waals surface area contributed by atoms with Crippen LogP contribution in [0.4, 0.5) is 0 Å². The molecule has 0 radical (unpaired) electrons. The Kier molecular flexibility index (Phi) is 7.79. The fourth-order valence-electron chi connectivity index (χ4n) is 3.70. The van der Waals surface area contributed by atoms with Crippen LogP contribution >= 0.6 is 0 Å². The van der Waals surface area contributed by atoms with Gasteiger partial charge in [0.1, 0.15) is 0 Å². The molecule has 1 aliphatic rings. The summed E-state index contributed by atoms with van der Waals surface area (Å²) in [5, 5.41) is 16.9. The normalized spacial score (nSPS) is 15.6. The molecule has 0 bridgehead atoms. The van der Waals surface area contributed by atoms with Gasteiger partial charge in [-0.2, -0.15) is 0 Å². The molecule has 2 aromatic rings. The highest BCUT2D eigenvalue weighted by molar-refractivity contribution is 5.80. The second-order valence-electron chi connectivity index (χ2n) is 7.46. The summed E-state index contributed by atoms with van der Waals surface area (Å²) in [5.74, 6) is 1.55. The van der Waals surface area contributed by atoms with E-state index in [0.717, 1.165) is 44.0 Å². The Morgan fingerprint density at radius 2 is 1.70 bits per heavy atom. The molecule has 30 heavy (non-hydrogen) atoms. The minimum atomic E-state index is 0.00789. The van der Waals surface area contributed by atoms with E-state index in [2.05, 4.69) is 50.9 Å². The molecule has 7 heteroatoms. The van der Waals surface area contributed by atoms with Gasteiger partial charge in [-0.1, -0.05) is 30.3 Å². The number of rotatable bonds is 7. The van der Waals surface area contributed by atoms with E-state index in [4.69, 9.17) is 9.47 Å². The largest absolute Gasteiger partial charge is 0.502 e. The lowest BCUT2D eigenvalue weighted by Gasteiger charge is -2.33. The molecule has 0 aromatic heterocycles. The van der Waals surface area contributed by atoms with E-state index < -0.39 is 0 Å². The van der Waals surface area contributed by atoms with Crippen LogP contribution in [0.1, 0.15) is 24.0 Å². The van der Waals surface area contributed by atoms with Gasteiger partial charge in [0.25, 0.3) is 0 Å². The van der Waals surface area contributed by atoms with Crippen molar-refractivity contribution in [3.63, 3.8) is 0 Å². The number of hydrogen-bond donors (Lipinski definition) is 3. The van der Waals surface area contributed by atoms with Gasteiger partial charge in [0.15, 0.2) is 17.5 Å². The van der Waals surface area contributed by atoms with Crippen LogP contribution in [0.2, 0.25) is 0 Å². The van der Waals surface area contributed by atoms with Crippen LogP contribution in [0.15, 0.2) is 47.5 Å². The van der Waals surface area contributed by atoms with Gasteiger partial charge < -0.3 is 25.2 Å². The number of benzene rings is 2. The first-order valence-corrected chi connectivity index (χ1v) is 10.3. The first kappa shape index (κ1) is 21.8. The molecule has 1 heterocycles. The first-order valence-electron chi connectivity index (χ1n) is 10.3. The van der Waals surface area contributed by atoms with Crippen LogP contribution in [0.3, 0.4) is 0 Å². The zero-order valence-corrected chi connectivity index (χ0v) is 18.0. The maximum Gasteiger partial charge on any atom is 0.200 e. The average molecular weight is 413 g/mol. The van der Waals surface area contributed by atoms with Crippen molar-refractivity contribution < 1.29 is 14.6 Å². The third-order valence-corrected chi connectivity index (χ3v) is 5.40. The molecule has 3 rings (SSSR count). The molecule has 0 unspecified atom stereocenters. The van der Waals surface area contributed by atoms with Gasteiger partial charge in [-0.05, 0) is 36.1 Å². The van der Waals surface area contributed by atoms with Crippen molar-refractivity contribution in [2.24, 2.45) is 4.99 Å². The summed E-state index contributed by atoms with van der Waals surface area (Å²) < 4.78 is 10.5. The number of likely N-dealkylation sites (tertiary alicyclic amines) is 1. The molecule has 0 atom stereocenters. The smallest absolute Gasteiger partial charge is 0.200 e. The van der Waals surface area contributed by atoms with E-state index in [1.165, 1.54) is 19.8 Å². The minimum absolute atomic E-state index is 0.00789. The fourth-order valence-corrected chi connectivity index (χ4v) is 3.70. The molecule has 2 aromatic carbocycles. The van der Waals surface area contributed by atoms with Crippen LogP contribution in [0.25, 0.3) is 0 Å². The van der Waals surface area contributed by atoms with E-state index in [1.807, 2.05) is 0 Å². The van der Waals surface area contributed by atoms with Gasteiger partial charge in [-0.15, -0.1) is 0 Å². The Labute approximate surface area is 178 Å². The number of aliphatic imine (C=N–C) groups is 1. The van der Waals surface area contributed by atoms with Crippen molar-refractivity contribution in [2.45, 2.75) is 32.0 Å². The van der Waals surface area contributed by atoms with E-state index in [1.54, 1.807) is 19.2 Å². The standard InChI is InChI=1S/C23H32N4O3/c1-24-23(25-15-18-13-20(29-2)22(28)21(14-18)30-3)26-19-9-11-27(12-10-19)16-17-7-5-4-6-8-17/h4-8,13-14,19,28H,9-12,15-16H2,1-3H3,(H2,24,25,26). The predicted molar refractivity (Wildman–Crippen MR) is 119 cm³/mol. The van der Waals surface area contributed by atoms with Gasteiger partial charge >= 0.3 is 0 Å². The van der Waals surface area contributed by atoms with Gasteiger partial charge in [0, 0.05) is 39.3 Å². The van der Waals surface area contributed by atoms with Crippen molar-refractivity contribution in [1.82, 2.24) is 15.5 Å². The van der Waals surface area contributed by atoms with E-state index in [-0.39, 0.29) is 5.75 Å². The lowest BCUT2D eigenvalue weighted by Crippen LogP contribution is -2.48. The van der Waals surface area contributed by atoms with Gasteiger partial charge in [-0.3, -0.25) is 9.89 Å². The molecule has 7 nitrogen and oxygen atoms in total. The molecule has 3 N–H and O–H groups in total. The highest BCUT2D eigenvalue weighted by Gasteiger charge is 2.20. The lowest BCUT2D eigenvalue weighted by atomic mass is 10.0. The van der Waals surface area contributed by atoms with Crippen molar-refractivity contribution in [2.75, 3.05) is 34.4 Å². The van der Waals surface area contributed by atoms with E-state index in [9.17, 15) is 5.11 Å². The zero-order valence-electron chi connectivity index (χ0n) is 18.0. The quantitative estimate of drug-likeness (QED) is 0.479. The molecule has 0 amide bonds. The third-order valence-electron chi connectivity index (χ3n) is 5.40. The second kappa shape index (κ2) is 10.7. The molecule has 0 aliphatic carbocycles. The van der Waals surface area contributed by atoms with Crippen LogP contribution in [-0.2, 0) is 13.1 Å². The monoisotopic (exact) mass is 412 g/mol. The number of nitrogens with zero attached hydrogens (tertiary/aromatic N) is 2. The average Bonchev–Trinajstić information content (AvgIpc) is 2.79. The molecule has 1 fully saturated rings. The molecule has 1 saturated heterocycles. The first-order chi connectivity index (χ1) is 14.6. The highest BCUT2D eigenvalue weighted by Crippen LogP contribution is 2.37. The number of phenols is 1. The number of hydrogen-bond acceptors (Lipinski definition) is 5. The highest BCUT2D eigenvalue weighted by atomic mass is 16.5. The SMILES string of the molecule is CN=C(NCc1cc(OC)c(O)c(OC)c1)NC1CCN(Cc2ccccc2)CC1. The predicted octanol–water partition coefficient (Wildman–Crippen LogP) is 2.74. The molecule has 162 valence electrons. The second-order valence-corrected chi connectivity index (χ2v) is 7.46. The van der Waals surface area contributed by atoms with Crippen molar-refractivity contribution in [3.8, 4) is 17.2 Å². The zero-order chi connectivity index (χ0) is 21.3. The fraction of sp³-hybridized carbons (Fsp3) is 0.435. The summed E-state index contributed by atoms with van der Waals surface area (Å²) in [4.78, 5) is 6.85. The number of methoxy groups -OCH3 is 2. The lowest BCUT2D eigenvalue weighted by molar-refractivity contribution is 0.198. The Morgan fingerprint density at radius 1 is 1.07 bits per heavy atom. The number of aromatic hydroxyl groups is 1. The summed E-state index contributed by atoms with van der Waals surface area (Å²) >= 11 is 0. The number of guanidine groups is 1. The molecular formula is C23H32N4O3. The van der Waals surface area contributed by atoms with Gasteiger partial charge in [-0.25, -0.2) is 0 Å². The summed E-state index contributed by atoms with van der Waals surface area (Å²) in [5.41, 5.74) is 2.29. The van der Waals surface area contributed by atoms with E-state index in [0.29, 0.717) is 24.1 Å². The number of nitrogens with one attached hydrogen (secondary N) is 2. The maximum atomic E-state index is 10.1. The Hall–Kier alpha value is -2.93. The van der Waals surface area contributed by atoms with Crippen LogP contribution in [0.5, 0.6) is 17.2 Å². The summed E-state index contributed by atoms with van der Waals surface area (Å²) in [6, 6.07) is 14.6. The summed E-state index contributed by atoms with van der Waals surface area (Å²) in [6.45, 7) is 3.68. The van der Waals surface area contributed by atoms with Crippen LogP contribution in [0, 0.1) is 0 Å². The summed E-state index contributed by atoms with van der Waals surface area (Å²) in [7, 11) is 4.82.